The molecule has 25 heavy (non-hydrogen) atoms. The number of halogens is 1. The largest absolute Gasteiger partial charge is 0.490 e. The summed E-state index contributed by atoms with van der Waals surface area (Å²) in [5.41, 5.74) is 3.20. The Bertz CT molecular complexity index is 733. The van der Waals surface area contributed by atoms with Gasteiger partial charge in [0.1, 0.15) is 6.61 Å². The Balaban J connectivity index is 2.15. The van der Waals surface area contributed by atoms with Crippen LogP contribution in [0.5, 0.6) is 11.5 Å². The SMILES string of the molecule is CCOc1cc(CNCC(=O)O)c(Br)cc1OCc1ccccc1C. The highest BCUT2D eigenvalue weighted by atomic mass is 79.9. The molecule has 0 aliphatic carbocycles. The molecule has 2 aromatic rings. The maximum atomic E-state index is 10.6. The van der Waals surface area contributed by atoms with Crippen LogP contribution in [-0.2, 0) is 17.9 Å². The Morgan fingerprint density at radius 1 is 1.16 bits per heavy atom. The van der Waals surface area contributed by atoms with Crippen LogP contribution in [0.25, 0.3) is 0 Å². The number of aryl methyl sites for hydroxylation is 1. The fourth-order valence-corrected chi connectivity index (χ4v) is 2.79. The summed E-state index contributed by atoms with van der Waals surface area (Å²) in [6.07, 6.45) is 0. The fraction of sp³-hybridized carbons (Fsp3) is 0.316. The van der Waals surface area contributed by atoms with E-state index in [1.54, 1.807) is 0 Å². The number of nitrogens with one attached hydrogen (secondary N) is 1. The molecule has 0 aromatic heterocycles. The molecule has 0 heterocycles. The topological polar surface area (TPSA) is 67.8 Å². The van der Waals surface area contributed by atoms with Crippen LogP contribution in [-0.4, -0.2) is 24.2 Å². The molecule has 0 spiro atoms. The number of hydrogen-bond acceptors (Lipinski definition) is 4. The molecule has 0 aliphatic heterocycles. The second kappa shape index (κ2) is 9.44. The van der Waals surface area contributed by atoms with E-state index in [-0.39, 0.29) is 6.54 Å². The third-order valence-corrected chi connectivity index (χ3v) is 4.39. The van der Waals surface area contributed by atoms with Crippen molar-refractivity contribution in [3.8, 4) is 11.5 Å². The number of ether oxygens (including phenoxy) is 2. The molecule has 0 saturated heterocycles. The number of rotatable bonds is 9. The van der Waals surface area contributed by atoms with Gasteiger partial charge in [0, 0.05) is 11.0 Å². The lowest BCUT2D eigenvalue weighted by Gasteiger charge is -2.16. The van der Waals surface area contributed by atoms with Gasteiger partial charge < -0.3 is 19.9 Å². The molecule has 0 unspecified atom stereocenters. The molecule has 0 amide bonds. The highest BCUT2D eigenvalue weighted by Gasteiger charge is 2.12. The van der Waals surface area contributed by atoms with E-state index in [0.717, 1.165) is 15.6 Å². The molecule has 6 heteroatoms. The maximum Gasteiger partial charge on any atom is 0.317 e. The van der Waals surface area contributed by atoms with Crippen molar-refractivity contribution in [1.29, 1.82) is 0 Å². The van der Waals surface area contributed by atoms with Gasteiger partial charge in [-0.1, -0.05) is 40.2 Å². The van der Waals surface area contributed by atoms with E-state index in [1.165, 1.54) is 5.56 Å². The minimum Gasteiger partial charge on any atom is -0.490 e. The van der Waals surface area contributed by atoms with Gasteiger partial charge in [-0.25, -0.2) is 0 Å². The highest BCUT2D eigenvalue weighted by Crippen LogP contribution is 2.34. The van der Waals surface area contributed by atoms with Crippen molar-refractivity contribution in [1.82, 2.24) is 5.32 Å². The zero-order valence-corrected chi connectivity index (χ0v) is 15.9. The van der Waals surface area contributed by atoms with Gasteiger partial charge in [-0.05, 0) is 42.7 Å². The van der Waals surface area contributed by atoms with Crippen LogP contribution < -0.4 is 14.8 Å². The van der Waals surface area contributed by atoms with Crippen LogP contribution in [0.3, 0.4) is 0 Å². The molecule has 134 valence electrons. The zero-order valence-electron chi connectivity index (χ0n) is 14.3. The van der Waals surface area contributed by atoms with E-state index in [0.29, 0.717) is 31.3 Å². The minimum absolute atomic E-state index is 0.0953. The molecule has 0 bridgehead atoms. The van der Waals surface area contributed by atoms with E-state index < -0.39 is 5.97 Å². The first-order valence-electron chi connectivity index (χ1n) is 8.06. The Morgan fingerprint density at radius 2 is 1.88 bits per heavy atom. The van der Waals surface area contributed by atoms with Gasteiger partial charge in [0.05, 0.1) is 13.2 Å². The average Bonchev–Trinajstić information content (AvgIpc) is 2.57. The summed E-state index contributed by atoms with van der Waals surface area (Å²) in [5.74, 6) is 0.407. The molecule has 2 N–H and O–H groups in total. The molecule has 0 radical (unpaired) electrons. The second-order valence-corrected chi connectivity index (χ2v) is 6.39. The molecule has 5 nitrogen and oxygen atoms in total. The summed E-state index contributed by atoms with van der Waals surface area (Å²) in [7, 11) is 0. The Labute approximate surface area is 156 Å². The molecule has 2 rings (SSSR count). The summed E-state index contributed by atoms with van der Waals surface area (Å²) in [6, 6.07) is 11.8. The number of carboxylic acid groups (broad SMARTS) is 1. The minimum atomic E-state index is -0.890. The predicted octanol–water partition coefficient (Wildman–Crippen LogP) is 3.91. The number of carbonyl (C=O) groups is 1. The smallest absolute Gasteiger partial charge is 0.317 e. The van der Waals surface area contributed by atoms with Crippen LogP contribution >= 0.6 is 15.9 Å². The van der Waals surface area contributed by atoms with Crippen molar-refractivity contribution < 1.29 is 19.4 Å². The number of aliphatic carboxylic acids is 1. The van der Waals surface area contributed by atoms with Crippen molar-refractivity contribution in [2.75, 3.05) is 13.2 Å². The lowest BCUT2D eigenvalue weighted by atomic mass is 10.1. The molecule has 0 saturated carbocycles. The zero-order chi connectivity index (χ0) is 18.2. The molecular weight excluding hydrogens is 386 g/mol. The van der Waals surface area contributed by atoms with E-state index >= 15 is 0 Å². The van der Waals surface area contributed by atoms with Crippen LogP contribution in [0.1, 0.15) is 23.6 Å². The quantitative estimate of drug-likeness (QED) is 0.659. The Morgan fingerprint density at radius 3 is 2.56 bits per heavy atom. The normalized spacial score (nSPS) is 10.5. The van der Waals surface area contributed by atoms with Gasteiger partial charge in [-0.2, -0.15) is 0 Å². The van der Waals surface area contributed by atoms with Crippen molar-refractivity contribution in [3.05, 3.63) is 57.6 Å². The molecule has 0 aliphatic rings. The maximum absolute atomic E-state index is 10.6. The first-order chi connectivity index (χ1) is 12.0. The van der Waals surface area contributed by atoms with E-state index in [9.17, 15) is 4.79 Å². The third-order valence-electron chi connectivity index (χ3n) is 3.65. The number of benzene rings is 2. The van der Waals surface area contributed by atoms with Gasteiger partial charge in [-0.3, -0.25) is 4.79 Å². The molecule has 0 atom stereocenters. The number of carboxylic acids is 1. The Hall–Kier alpha value is -2.05. The summed E-state index contributed by atoms with van der Waals surface area (Å²) < 4.78 is 12.5. The molecule has 2 aromatic carbocycles. The summed E-state index contributed by atoms with van der Waals surface area (Å²) in [4.78, 5) is 10.6. The first kappa shape index (κ1) is 19.3. The summed E-state index contributed by atoms with van der Waals surface area (Å²) >= 11 is 3.52. The predicted molar refractivity (Wildman–Crippen MR) is 100 cm³/mol. The van der Waals surface area contributed by atoms with Crippen molar-refractivity contribution in [2.45, 2.75) is 27.0 Å². The Kier molecular flexibility index (Phi) is 7.28. The average molecular weight is 408 g/mol. The summed E-state index contributed by atoms with van der Waals surface area (Å²) in [6.45, 7) is 5.26. The monoisotopic (exact) mass is 407 g/mol. The van der Waals surface area contributed by atoms with Crippen molar-refractivity contribution >= 4 is 21.9 Å². The van der Waals surface area contributed by atoms with Gasteiger partial charge in [0.2, 0.25) is 0 Å². The highest BCUT2D eigenvalue weighted by molar-refractivity contribution is 9.10. The molecule has 0 fully saturated rings. The van der Waals surface area contributed by atoms with Gasteiger partial charge >= 0.3 is 5.97 Å². The lowest BCUT2D eigenvalue weighted by molar-refractivity contribution is -0.135. The van der Waals surface area contributed by atoms with Crippen LogP contribution in [0.2, 0.25) is 0 Å². The first-order valence-corrected chi connectivity index (χ1v) is 8.85. The molecular formula is C19H22BrNO4. The van der Waals surface area contributed by atoms with E-state index in [2.05, 4.69) is 34.2 Å². The van der Waals surface area contributed by atoms with Crippen molar-refractivity contribution in [3.63, 3.8) is 0 Å². The van der Waals surface area contributed by atoms with Crippen molar-refractivity contribution in [2.24, 2.45) is 0 Å². The lowest BCUT2D eigenvalue weighted by Crippen LogP contribution is -2.22. The number of hydrogen-bond donors (Lipinski definition) is 2. The van der Waals surface area contributed by atoms with E-state index in [1.807, 2.05) is 37.3 Å². The van der Waals surface area contributed by atoms with Crippen LogP contribution in [0.4, 0.5) is 0 Å². The van der Waals surface area contributed by atoms with Crippen LogP contribution in [0.15, 0.2) is 40.9 Å². The van der Waals surface area contributed by atoms with Gasteiger partial charge in [0.25, 0.3) is 0 Å². The van der Waals surface area contributed by atoms with Crippen LogP contribution in [0, 0.1) is 6.92 Å². The van der Waals surface area contributed by atoms with E-state index in [4.69, 9.17) is 14.6 Å². The van der Waals surface area contributed by atoms with Gasteiger partial charge in [-0.15, -0.1) is 0 Å². The second-order valence-electron chi connectivity index (χ2n) is 5.54. The summed E-state index contributed by atoms with van der Waals surface area (Å²) in [5, 5.41) is 11.6. The third kappa shape index (κ3) is 5.76. The standard InChI is InChI=1S/C19H22BrNO4/c1-3-24-17-8-15(10-21-11-19(22)23)16(20)9-18(17)25-12-14-7-5-4-6-13(14)2/h4-9,21H,3,10-12H2,1-2H3,(H,22,23). The van der Waals surface area contributed by atoms with Gasteiger partial charge in [0.15, 0.2) is 11.5 Å². The fourth-order valence-electron chi connectivity index (χ4n) is 2.33.